The summed E-state index contributed by atoms with van der Waals surface area (Å²) >= 11 is 0. The number of ketones is 1. The molecule has 8 heteroatoms. The predicted molar refractivity (Wildman–Crippen MR) is 122 cm³/mol. The Morgan fingerprint density at radius 1 is 1.12 bits per heavy atom. The van der Waals surface area contributed by atoms with Crippen LogP contribution in [0.5, 0.6) is 0 Å². The van der Waals surface area contributed by atoms with Gasteiger partial charge in [0.25, 0.3) is 0 Å². The molecule has 34 heavy (non-hydrogen) atoms. The molecule has 1 aromatic carbocycles. The minimum absolute atomic E-state index is 0.0893. The second-order valence-corrected chi connectivity index (χ2v) is 9.71. The van der Waals surface area contributed by atoms with Gasteiger partial charge in [-0.2, -0.15) is 0 Å². The molecule has 1 aliphatic heterocycles. The van der Waals surface area contributed by atoms with Crippen LogP contribution in [0.15, 0.2) is 30.5 Å². The molecule has 5 nitrogen and oxygen atoms in total. The number of halogens is 3. The van der Waals surface area contributed by atoms with E-state index in [-0.39, 0.29) is 37.0 Å². The number of carbonyl (C=O) groups is 2. The van der Waals surface area contributed by atoms with Gasteiger partial charge in [-0.3, -0.25) is 19.5 Å². The summed E-state index contributed by atoms with van der Waals surface area (Å²) in [5.41, 5.74) is 3.64. The molecule has 2 aliphatic rings. The molecule has 1 aromatic heterocycles. The molecule has 1 aliphatic carbocycles. The Bertz CT molecular complexity index is 1080. The van der Waals surface area contributed by atoms with Crippen LogP contribution in [-0.4, -0.2) is 58.1 Å². The molecule has 0 bridgehead atoms. The third kappa shape index (κ3) is 5.32. The number of carbonyl (C=O) groups excluding carboxylic acids is 2. The highest BCUT2D eigenvalue weighted by Gasteiger charge is 2.50. The Balaban J connectivity index is 1.40. The van der Waals surface area contributed by atoms with Crippen LogP contribution in [0.2, 0.25) is 0 Å². The topological polar surface area (TPSA) is 53.5 Å². The first-order valence-corrected chi connectivity index (χ1v) is 11.7. The molecule has 1 atom stereocenters. The largest absolute Gasteiger partial charge is 0.337 e. The van der Waals surface area contributed by atoms with Crippen molar-refractivity contribution in [3.8, 4) is 0 Å². The number of Topliss-reactive ketones (excluding diaryl/α,β-unsaturated/α-hetero) is 1. The fourth-order valence-electron chi connectivity index (χ4n) is 4.87. The molecule has 2 aromatic rings. The van der Waals surface area contributed by atoms with E-state index < -0.39 is 17.7 Å². The van der Waals surface area contributed by atoms with Crippen molar-refractivity contribution in [3.05, 3.63) is 64.2 Å². The van der Waals surface area contributed by atoms with Crippen molar-refractivity contribution in [2.45, 2.75) is 58.5 Å². The number of piperazine rings is 1. The molecule has 1 saturated carbocycles. The van der Waals surface area contributed by atoms with Gasteiger partial charge in [0.2, 0.25) is 11.8 Å². The number of amides is 1. The van der Waals surface area contributed by atoms with Gasteiger partial charge in [0.05, 0.1) is 0 Å². The summed E-state index contributed by atoms with van der Waals surface area (Å²) in [5, 5.41) is 0. The molecule has 0 N–H and O–H groups in total. The van der Waals surface area contributed by atoms with Crippen molar-refractivity contribution >= 4 is 11.7 Å². The fourth-order valence-corrected chi connectivity index (χ4v) is 4.87. The quantitative estimate of drug-likeness (QED) is 0.586. The lowest BCUT2D eigenvalue weighted by molar-refractivity contribution is -0.163. The van der Waals surface area contributed by atoms with Gasteiger partial charge in [-0.25, -0.2) is 13.2 Å². The summed E-state index contributed by atoms with van der Waals surface area (Å²) in [6, 6.07) is 6.30. The van der Waals surface area contributed by atoms with Crippen molar-refractivity contribution in [3.63, 3.8) is 0 Å². The lowest BCUT2D eigenvalue weighted by Gasteiger charge is -2.44. The van der Waals surface area contributed by atoms with Crippen LogP contribution in [-0.2, 0) is 17.8 Å². The van der Waals surface area contributed by atoms with Gasteiger partial charge in [0.15, 0.2) is 5.78 Å². The van der Waals surface area contributed by atoms with Crippen molar-refractivity contribution in [2.75, 3.05) is 19.6 Å². The van der Waals surface area contributed by atoms with Gasteiger partial charge in [0.1, 0.15) is 5.82 Å². The zero-order valence-corrected chi connectivity index (χ0v) is 19.8. The van der Waals surface area contributed by atoms with Gasteiger partial charge >= 0.3 is 0 Å². The number of aromatic nitrogens is 1. The van der Waals surface area contributed by atoms with E-state index in [2.05, 4.69) is 9.88 Å². The number of hydrogen-bond donors (Lipinski definition) is 0. The summed E-state index contributed by atoms with van der Waals surface area (Å²) in [6.45, 7) is 7.77. The average Bonchev–Trinajstić information content (AvgIpc) is 2.75. The van der Waals surface area contributed by atoms with Gasteiger partial charge in [0, 0.05) is 74.9 Å². The van der Waals surface area contributed by atoms with Crippen LogP contribution in [0.25, 0.3) is 0 Å². The lowest BCUT2D eigenvalue weighted by atomic mass is 9.80. The van der Waals surface area contributed by atoms with Crippen LogP contribution < -0.4 is 0 Å². The number of aryl methyl sites for hydroxylation is 1. The summed E-state index contributed by atoms with van der Waals surface area (Å²) in [5.74, 6) is -3.99. The zero-order chi connectivity index (χ0) is 24.6. The van der Waals surface area contributed by atoms with E-state index in [1.165, 1.54) is 12.1 Å². The third-order valence-electron chi connectivity index (χ3n) is 7.00. The van der Waals surface area contributed by atoms with Crippen molar-refractivity contribution in [1.29, 1.82) is 0 Å². The Morgan fingerprint density at radius 2 is 1.82 bits per heavy atom. The summed E-state index contributed by atoms with van der Waals surface area (Å²) in [4.78, 5) is 33.3. The van der Waals surface area contributed by atoms with E-state index in [1.807, 2.05) is 20.8 Å². The minimum atomic E-state index is -2.71. The average molecular weight is 474 g/mol. The van der Waals surface area contributed by atoms with E-state index in [4.69, 9.17) is 0 Å². The number of rotatable bonds is 6. The first-order chi connectivity index (χ1) is 16.0. The predicted octanol–water partition coefficient (Wildman–Crippen LogP) is 4.34. The highest BCUT2D eigenvalue weighted by atomic mass is 19.3. The normalized spacial score (nSPS) is 20.8. The first-order valence-electron chi connectivity index (χ1n) is 11.7. The van der Waals surface area contributed by atoms with Gasteiger partial charge < -0.3 is 4.90 Å². The highest BCUT2D eigenvalue weighted by molar-refractivity contribution is 5.97. The molecule has 1 amide bonds. The molecule has 0 spiro atoms. The van der Waals surface area contributed by atoms with Crippen LogP contribution in [0.3, 0.4) is 0 Å². The third-order valence-corrected chi connectivity index (χ3v) is 7.00. The maximum atomic E-state index is 14.5. The monoisotopic (exact) mass is 473 g/mol. The molecule has 0 unspecified atom stereocenters. The molecule has 2 heterocycles. The van der Waals surface area contributed by atoms with E-state index in [0.717, 1.165) is 16.8 Å². The smallest absolute Gasteiger partial charge is 0.249 e. The molecule has 2 fully saturated rings. The second-order valence-electron chi connectivity index (χ2n) is 9.71. The highest BCUT2D eigenvalue weighted by Crippen LogP contribution is 2.43. The summed E-state index contributed by atoms with van der Waals surface area (Å²) in [7, 11) is 0. The Morgan fingerprint density at radius 3 is 2.44 bits per heavy atom. The SMILES string of the molecule is Cc1ccc(C(=O)Cc2cc(F)cc(CN3CCN(C(=O)C4CC(F)(F)C4)[C@@H](C)C3)c2C)cn1. The maximum absolute atomic E-state index is 14.5. The fraction of sp³-hybridized carbons (Fsp3) is 0.500. The second kappa shape index (κ2) is 9.49. The summed E-state index contributed by atoms with van der Waals surface area (Å²) in [6.07, 6.45) is 0.912. The number of pyridine rings is 1. The van der Waals surface area contributed by atoms with Crippen molar-refractivity contribution in [1.82, 2.24) is 14.8 Å². The van der Waals surface area contributed by atoms with E-state index >= 15 is 0 Å². The first kappa shape index (κ1) is 24.4. The van der Waals surface area contributed by atoms with E-state index in [0.29, 0.717) is 37.3 Å². The Hall–Kier alpha value is -2.74. The van der Waals surface area contributed by atoms with Crippen molar-refractivity contribution < 1.29 is 22.8 Å². The standard InChI is InChI=1S/C26H30F3N3O2/c1-16-4-5-19(13-30-16)24(33)10-20-8-23(27)9-21(18(20)3)15-31-6-7-32(17(2)14-31)25(34)22-11-26(28,29)12-22/h4-5,8-9,13,17,22H,6-7,10-12,14-15H2,1-3H3/t17-/m0/s1. The number of alkyl halides is 2. The zero-order valence-electron chi connectivity index (χ0n) is 19.8. The van der Waals surface area contributed by atoms with Crippen LogP contribution in [0.4, 0.5) is 13.2 Å². The molecule has 4 rings (SSSR count). The van der Waals surface area contributed by atoms with Gasteiger partial charge in [-0.1, -0.05) is 0 Å². The number of benzene rings is 1. The van der Waals surface area contributed by atoms with Gasteiger partial charge in [-0.05, 0) is 61.7 Å². The lowest BCUT2D eigenvalue weighted by Crippen LogP contribution is -2.57. The van der Waals surface area contributed by atoms with Crippen molar-refractivity contribution in [2.24, 2.45) is 5.92 Å². The molecule has 182 valence electrons. The summed E-state index contributed by atoms with van der Waals surface area (Å²) < 4.78 is 40.8. The molecule has 1 saturated heterocycles. The Kier molecular flexibility index (Phi) is 6.80. The maximum Gasteiger partial charge on any atom is 0.249 e. The van der Waals surface area contributed by atoms with Crippen LogP contribution in [0.1, 0.15) is 52.5 Å². The molecular weight excluding hydrogens is 443 g/mol. The minimum Gasteiger partial charge on any atom is -0.337 e. The molecular formula is C26H30F3N3O2. The van der Waals surface area contributed by atoms with Crippen LogP contribution >= 0.6 is 0 Å². The van der Waals surface area contributed by atoms with E-state index in [9.17, 15) is 22.8 Å². The molecule has 0 radical (unpaired) electrons. The van der Waals surface area contributed by atoms with Gasteiger partial charge in [-0.15, -0.1) is 0 Å². The Labute approximate surface area is 198 Å². The number of hydrogen-bond acceptors (Lipinski definition) is 4. The number of nitrogens with zero attached hydrogens (tertiary/aromatic N) is 3. The van der Waals surface area contributed by atoms with E-state index in [1.54, 1.807) is 23.2 Å². The van der Waals surface area contributed by atoms with Crippen LogP contribution in [0, 0.1) is 25.6 Å².